The summed E-state index contributed by atoms with van der Waals surface area (Å²) in [4.78, 5) is 73.6. The number of benzene rings is 3. The second-order valence-electron chi connectivity index (χ2n) is 19.4. The number of amides is 5. The molecule has 5 aromatic rings. The van der Waals surface area contributed by atoms with Gasteiger partial charge in [0.1, 0.15) is 35.4 Å². The molecule has 68 heavy (non-hydrogen) atoms. The Kier molecular flexibility index (Phi) is 12.2. The van der Waals surface area contributed by atoms with Crippen molar-refractivity contribution in [2.75, 3.05) is 82.6 Å². The van der Waals surface area contributed by atoms with Gasteiger partial charge < -0.3 is 30.1 Å². The van der Waals surface area contributed by atoms with Crippen LogP contribution in [0, 0.1) is 5.92 Å². The summed E-state index contributed by atoms with van der Waals surface area (Å²) < 4.78 is 8.12. The third kappa shape index (κ3) is 8.84. The van der Waals surface area contributed by atoms with Gasteiger partial charge in [0.15, 0.2) is 5.65 Å². The fourth-order valence-electron chi connectivity index (χ4n) is 11.5. The van der Waals surface area contributed by atoms with Crippen molar-refractivity contribution in [3.63, 3.8) is 0 Å². The Morgan fingerprint density at radius 3 is 2.25 bits per heavy atom. The summed E-state index contributed by atoms with van der Waals surface area (Å²) in [6, 6.07) is 23.8. The fourth-order valence-corrected chi connectivity index (χ4v) is 11.5. The molecule has 2 aromatic heterocycles. The predicted molar refractivity (Wildman–Crippen MR) is 257 cm³/mol. The number of piperidine rings is 4. The molecule has 354 valence electrons. The minimum Gasteiger partial charge on any atom is -0.457 e. The Labute approximate surface area is 396 Å². The lowest BCUT2D eigenvalue weighted by Gasteiger charge is -2.44. The standard InChI is InChI=1S/C51H60N12O5/c52-47-45-46(35-8-11-41(12-9-35)68-40-6-2-1-3-7-40)56-63(48(45)54-33-53-47)39-5-4-20-61(32-39)37-18-23-60(24-19-37)51(67)59-21-16-34(17-22-59)30-57-25-27-58(28-26-57)38-10-13-42-36(29-38)31-62(50(42)66)43-14-15-44(64)55-49(43)65/h1-3,6-13,29,33-34,37,39,43H,4-5,14-28,30-32H2,(H2,52,53,54)(H,55,64,65)/t39-,43?/m1/s1. The monoisotopic (exact) mass is 920 g/mol. The van der Waals surface area contributed by atoms with E-state index in [0.29, 0.717) is 36.3 Å². The molecular formula is C51H60N12O5. The second-order valence-corrected chi connectivity index (χ2v) is 19.4. The normalized spacial score (nSPS) is 22.5. The summed E-state index contributed by atoms with van der Waals surface area (Å²) in [6.45, 7) is 10.2. The Morgan fingerprint density at radius 1 is 0.765 bits per heavy atom. The van der Waals surface area contributed by atoms with Crippen molar-refractivity contribution in [3.05, 3.63) is 90.3 Å². The van der Waals surface area contributed by atoms with Crippen LogP contribution in [-0.2, 0) is 16.1 Å². The average molecular weight is 921 g/mol. The molecule has 11 rings (SSSR count). The number of anilines is 2. The number of carbonyl (C=O) groups is 4. The summed E-state index contributed by atoms with van der Waals surface area (Å²) in [6.07, 6.45) is 8.17. The largest absolute Gasteiger partial charge is 0.457 e. The summed E-state index contributed by atoms with van der Waals surface area (Å²) >= 11 is 0. The SMILES string of the molecule is Nc1ncnc2c1c(-c1ccc(Oc3ccccc3)cc1)nn2[C@@H]1CCCN(C2CCN(C(=O)N3CCC(CN4CCN(c5ccc6c(c5)CN(C5CCC(=O)NC5=O)C6=O)CC4)CC3)CC2)C1. The number of nitrogens with two attached hydrogens (primary N) is 1. The maximum absolute atomic E-state index is 13.9. The molecule has 0 radical (unpaired) electrons. The zero-order valence-electron chi connectivity index (χ0n) is 38.5. The highest BCUT2D eigenvalue weighted by Gasteiger charge is 2.40. The molecule has 17 heteroatoms. The lowest BCUT2D eigenvalue weighted by molar-refractivity contribution is -0.136. The molecule has 6 aliphatic heterocycles. The van der Waals surface area contributed by atoms with Gasteiger partial charge >= 0.3 is 6.03 Å². The molecule has 5 saturated heterocycles. The summed E-state index contributed by atoms with van der Waals surface area (Å²) in [7, 11) is 0. The van der Waals surface area contributed by atoms with Crippen LogP contribution in [-0.4, -0.2) is 152 Å². The van der Waals surface area contributed by atoms with Gasteiger partial charge in [0.05, 0.1) is 11.4 Å². The molecule has 3 N–H and O–H groups in total. The van der Waals surface area contributed by atoms with Gasteiger partial charge in [-0.15, -0.1) is 0 Å². The molecule has 0 bridgehead atoms. The van der Waals surface area contributed by atoms with E-state index in [0.717, 1.165) is 156 Å². The molecule has 5 fully saturated rings. The number of piperazine rings is 1. The maximum atomic E-state index is 13.9. The number of nitrogens with one attached hydrogen (secondary N) is 1. The first-order valence-corrected chi connectivity index (χ1v) is 24.6. The Hall–Kier alpha value is -6.59. The van der Waals surface area contributed by atoms with E-state index in [1.807, 2.05) is 66.7 Å². The number of para-hydroxylation sites is 1. The van der Waals surface area contributed by atoms with Crippen LogP contribution in [0.2, 0.25) is 0 Å². The van der Waals surface area contributed by atoms with E-state index in [-0.39, 0.29) is 36.2 Å². The van der Waals surface area contributed by atoms with E-state index >= 15 is 0 Å². The summed E-state index contributed by atoms with van der Waals surface area (Å²) in [5.74, 6) is 1.71. The third-order valence-electron chi connectivity index (χ3n) is 15.3. The van der Waals surface area contributed by atoms with Crippen molar-refractivity contribution < 1.29 is 23.9 Å². The fraction of sp³-hybridized carbons (Fsp3) is 0.471. The molecule has 6 aliphatic rings. The second kappa shape index (κ2) is 18.8. The molecule has 2 atom stereocenters. The predicted octanol–water partition coefficient (Wildman–Crippen LogP) is 5.38. The number of rotatable bonds is 9. The van der Waals surface area contributed by atoms with Gasteiger partial charge in [-0.2, -0.15) is 5.10 Å². The number of nitrogen functional groups attached to an aromatic ring is 1. The number of nitrogens with zero attached hydrogens (tertiary/aromatic N) is 10. The number of carbonyl (C=O) groups excluding carboxylic acids is 4. The van der Waals surface area contributed by atoms with Crippen LogP contribution in [0.15, 0.2) is 79.1 Å². The molecule has 8 heterocycles. The number of hydrogen-bond acceptors (Lipinski definition) is 12. The van der Waals surface area contributed by atoms with Crippen molar-refractivity contribution in [1.82, 2.24) is 49.6 Å². The molecular weight excluding hydrogens is 861 g/mol. The van der Waals surface area contributed by atoms with Crippen LogP contribution < -0.4 is 20.7 Å². The Balaban J connectivity index is 0.636. The van der Waals surface area contributed by atoms with E-state index in [1.165, 1.54) is 6.33 Å². The van der Waals surface area contributed by atoms with Crippen LogP contribution in [0.25, 0.3) is 22.3 Å². The highest BCUT2D eigenvalue weighted by atomic mass is 16.5. The first kappa shape index (κ1) is 43.9. The van der Waals surface area contributed by atoms with Gasteiger partial charge in [0.2, 0.25) is 11.8 Å². The van der Waals surface area contributed by atoms with Crippen LogP contribution in [0.5, 0.6) is 11.5 Å². The molecule has 0 saturated carbocycles. The van der Waals surface area contributed by atoms with E-state index in [9.17, 15) is 19.2 Å². The van der Waals surface area contributed by atoms with Gasteiger partial charge in [0.25, 0.3) is 5.91 Å². The Bertz CT molecular complexity index is 2670. The van der Waals surface area contributed by atoms with Gasteiger partial charge in [-0.1, -0.05) is 18.2 Å². The zero-order chi connectivity index (χ0) is 46.3. The van der Waals surface area contributed by atoms with Crippen molar-refractivity contribution in [2.45, 2.75) is 76.0 Å². The minimum atomic E-state index is -0.606. The lowest BCUT2D eigenvalue weighted by atomic mass is 9.95. The number of urea groups is 1. The topological polar surface area (TPSA) is 179 Å². The smallest absolute Gasteiger partial charge is 0.319 e. The average Bonchev–Trinajstić information content (AvgIpc) is 3.93. The van der Waals surface area contributed by atoms with E-state index in [4.69, 9.17) is 20.6 Å². The number of ether oxygens (including phenoxy) is 1. The van der Waals surface area contributed by atoms with E-state index in [1.54, 1.807) is 4.90 Å². The number of hydrogen-bond donors (Lipinski definition) is 2. The third-order valence-corrected chi connectivity index (χ3v) is 15.3. The number of fused-ring (bicyclic) bond motifs is 2. The van der Waals surface area contributed by atoms with Gasteiger partial charge in [-0.3, -0.25) is 29.5 Å². The number of aromatic nitrogens is 4. The van der Waals surface area contributed by atoms with E-state index < -0.39 is 6.04 Å². The van der Waals surface area contributed by atoms with Crippen molar-refractivity contribution >= 4 is 46.3 Å². The Morgan fingerprint density at radius 2 is 1.50 bits per heavy atom. The first-order chi connectivity index (χ1) is 33.2. The van der Waals surface area contributed by atoms with Gasteiger partial charge in [-0.05, 0) is 118 Å². The number of likely N-dealkylation sites (tertiary alicyclic amines) is 3. The zero-order valence-corrected chi connectivity index (χ0v) is 38.5. The highest BCUT2D eigenvalue weighted by molar-refractivity contribution is 6.05. The van der Waals surface area contributed by atoms with Crippen molar-refractivity contribution in [2.24, 2.45) is 5.92 Å². The van der Waals surface area contributed by atoms with Crippen LogP contribution in [0.4, 0.5) is 16.3 Å². The summed E-state index contributed by atoms with van der Waals surface area (Å²) in [5, 5.41) is 8.34. The molecule has 3 aromatic carbocycles. The van der Waals surface area contributed by atoms with Crippen molar-refractivity contribution in [1.29, 1.82) is 0 Å². The van der Waals surface area contributed by atoms with Gasteiger partial charge in [0, 0.05) is 101 Å². The molecule has 1 unspecified atom stereocenters. The first-order valence-electron chi connectivity index (χ1n) is 24.6. The molecule has 5 amide bonds. The van der Waals surface area contributed by atoms with E-state index in [2.05, 4.69) is 45.5 Å². The molecule has 0 aliphatic carbocycles. The van der Waals surface area contributed by atoms with Crippen LogP contribution >= 0.6 is 0 Å². The summed E-state index contributed by atoms with van der Waals surface area (Å²) in [5.41, 5.74) is 11.6. The van der Waals surface area contributed by atoms with Crippen LogP contribution in [0.3, 0.4) is 0 Å². The molecule has 0 spiro atoms. The highest BCUT2D eigenvalue weighted by Crippen LogP contribution is 2.37. The number of imide groups is 1. The van der Waals surface area contributed by atoms with Crippen molar-refractivity contribution in [3.8, 4) is 22.8 Å². The minimum absolute atomic E-state index is 0.138. The van der Waals surface area contributed by atoms with Crippen LogP contribution in [0.1, 0.15) is 73.3 Å². The lowest BCUT2D eigenvalue weighted by Crippen LogP contribution is -2.54. The van der Waals surface area contributed by atoms with Gasteiger partial charge in [-0.25, -0.2) is 19.4 Å². The maximum Gasteiger partial charge on any atom is 0.319 e. The quantitative estimate of drug-likeness (QED) is 0.181. The molecule has 17 nitrogen and oxygen atoms in total.